The molecular formula is C50H49N. The van der Waals surface area contributed by atoms with E-state index in [-0.39, 0.29) is 5.41 Å². The second kappa shape index (κ2) is 12.3. The van der Waals surface area contributed by atoms with Gasteiger partial charge in [0.25, 0.3) is 0 Å². The average molecular weight is 664 g/mol. The van der Waals surface area contributed by atoms with Crippen molar-refractivity contribution in [3.63, 3.8) is 0 Å². The van der Waals surface area contributed by atoms with Gasteiger partial charge in [-0.2, -0.15) is 0 Å². The van der Waals surface area contributed by atoms with Gasteiger partial charge in [0.05, 0.1) is 0 Å². The number of benzene rings is 6. The van der Waals surface area contributed by atoms with E-state index in [1.165, 1.54) is 125 Å². The van der Waals surface area contributed by atoms with Gasteiger partial charge in [-0.1, -0.05) is 131 Å². The molecule has 0 aromatic heterocycles. The van der Waals surface area contributed by atoms with Crippen LogP contribution in [0.5, 0.6) is 0 Å². The third-order valence-corrected chi connectivity index (χ3v) is 13.5. The van der Waals surface area contributed by atoms with Crippen molar-refractivity contribution in [2.75, 3.05) is 4.90 Å². The van der Waals surface area contributed by atoms with E-state index >= 15 is 0 Å². The summed E-state index contributed by atoms with van der Waals surface area (Å²) in [6.07, 6.45) is 12.5. The molecule has 4 aliphatic carbocycles. The summed E-state index contributed by atoms with van der Waals surface area (Å²) in [4.78, 5) is 2.52. The maximum Gasteiger partial charge on any atom is 0.0468 e. The molecule has 6 aromatic rings. The monoisotopic (exact) mass is 663 g/mol. The van der Waals surface area contributed by atoms with Crippen LogP contribution in [0.15, 0.2) is 127 Å². The van der Waals surface area contributed by atoms with Crippen LogP contribution >= 0.6 is 0 Å². The van der Waals surface area contributed by atoms with Gasteiger partial charge >= 0.3 is 0 Å². The van der Waals surface area contributed by atoms with Crippen LogP contribution in [0, 0.1) is 11.8 Å². The molecule has 0 amide bonds. The van der Waals surface area contributed by atoms with Gasteiger partial charge in [0.1, 0.15) is 0 Å². The van der Waals surface area contributed by atoms with Gasteiger partial charge in [-0.15, -0.1) is 0 Å². The second-order valence-corrected chi connectivity index (χ2v) is 16.8. The lowest BCUT2D eigenvalue weighted by Gasteiger charge is -2.29. The van der Waals surface area contributed by atoms with Gasteiger partial charge in [0, 0.05) is 22.5 Å². The first-order valence-electron chi connectivity index (χ1n) is 19.8. The zero-order valence-corrected chi connectivity index (χ0v) is 30.2. The predicted octanol–water partition coefficient (Wildman–Crippen LogP) is 14.2. The topological polar surface area (TPSA) is 3.24 Å². The highest BCUT2D eigenvalue weighted by Crippen LogP contribution is 2.55. The highest BCUT2D eigenvalue weighted by atomic mass is 15.1. The summed E-state index contributed by atoms with van der Waals surface area (Å²) >= 11 is 0. The van der Waals surface area contributed by atoms with Crippen LogP contribution < -0.4 is 4.90 Å². The van der Waals surface area contributed by atoms with Gasteiger partial charge in [-0.3, -0.25) is 0 Å². The molecule has 0 spiro atoms. The van der Waals surface area contributed by atoms with Gasteiger partial charge in [-0.05, 0) is 147 Å². The highest BCUT2D eigenvalue weighted by molar-refractivity contribution is 5.92. The molecule has 10 rings (SSSR count). The standard InChI is InChI=1S/C50H49N/c1-50(2)48-32-43(26-27-45(48)46-15-9-14-44(49(46)50)36-12-7-4-8-13-36)51(41-23-21-37(22-24-41)47-29-33-16-17-39(47)28-33)42-25-20-35-18-19-38(30-40(35)31-42)34-10-5-3-6-11-34/h4,7-9,12-15,18-27,30-34,39,47H,3,5-6,10-11,16-17,28-29H2,1-2H3. The van der Waals surface area contributed by atoms with Crippen LogP contribution in [-0.2, 0) is 5.41 Å². The van der Waals surface area contributed by atoms with E-state index < -0.39 is 0 Å². The minimum atomic E-state index is -0.136. The van der Waals surface area contributed by atoms with Crippen LogP contribution in [0.1, 0.15) is 106 Å². The van der Waals surface area contributed by atoms with E-state index in [1.54, 1.807) is 5.56 Å². The number of anilines is 3. The first-order chi connectivity index (χ1) is 25.0. The maximum atomic E-state index is 2.52. The summed E-state index contributed by atoms with van der Waals surface area (Å²) in [7, 11) is 0. The number of nitrogens with zero attached hydrogens (tertiary/aromatic N) is 1. The van der Waals surface area contributed by atoms with E-state index in [9.17, 15) is 0 Å². The summed E-state index contributed by atoms with van der Waals surface area (Å²) in [5.41, 5.74) is 14.8. The number of hydrogen-bond acceptors (Lipinski definition) is 1. The summed E-state index contributed by atoms with van der Waals surface area (Å²) in [6.45, 7) is 4.84. The van der Waals surface area contributed by atoms with E-state index in [2.05, 4.69) is 146 Å². The molecule has 1 nitrogen and oxygen atoms in total. The molecule has 4 aliphatic rings. The molecule has 0 radical (unpaired) electrons. The minimum Gasteiger partial charge on any atom is -0.310 e. The first kappa shape index (κ1) is 31.1. The zero-order chi connectivity index (χ0) is 34.1. The Labute approximate surface area is 304 Å². The van der Waals surface area contributed by atoms with E-state index in [0.29, 0.717) is 5.92 Å². The number of rotatable bonds is 6. The van der Waals surface area contributed by atoms with Gasteiger partial charge in [-0.25, -0.2) is 0 Å². The molecule has 6 aromatic carbocycles. The van der Waals surface area contributed by atoms with E-state index in [4.69, 9.17) is 0 Å². The van der Waals surface area contributed by atoms with Gasteiger partial charge in [0.15, 0.2) is 0 Å². The van der Waals surface area contributed by atoms with Gasteiger partial charge < -0.3 is 4.90 Å². The number of hydrogen-bond donors (Lipinski definition) is 0. The fourth-order valence-electron chi connectivity index (χ4n) is 10.9. The molecule has 0 saturated heterocycles. The second-order valence-electron chi connectivity index (χ2n) is 16.8. The molecule has 254 valence electrons. The van der Waals surface area contributed by atoms with Crippen LogP contribution in [0.25, 0.3) is 33.0 Å². The fourth-order valence-corrected chi connectivity index (χ4v) is 10.9. The third kappa shape index (κ3) is 5.26. The molecule has 2 bridgehead atoms. The van der Waals surface area contributed by atoms with E-state index in [0.717, 1.165) is 17.8 Å². The fraction of sp³-hybridized carbons (Fsp3) is 0.320. The molecule has 3 saturated carbocycles. The average Bonchev–Trinajstić information content (AvgIpc) is 3.88. The lowest BCUT2D eigenvalue weighted by atomic mass is 9.78. The molecular weight excluding hydrogens is 615 g/mol. The van der Waals surface area contributed by atoms with Gasteiger partial charge in [0.2, 0.25) is 0 Å². The zero-order valence-electron chi connectivity index (χ0n) is 30.2. The SMILES string of the molecule is CC1(C)c2cc(N(c3ccc(C4CC5CCC4C5)cc3)c3ccc4ccc(C5CCCCC5)cc4c3)ccc2-c2cccc(-c3ccccc3)c21. The smallest absolute Gasteiger partial charge is 0.0468 e. The normalized spacial score (nSPS) is 21.9. The molecule has 1 heteroatoms. The van der Waals surface area contributed by atoms with Crippen molar-refractivity contribution >= 4 is 27.8 Å². The van der Waals surface area contributed by atoms with Crippen molar-refractivity contribution in [3.05, 3.63) is 150 Å². The minimum absolute atomic E-state index is 0.136. The van der Waals surface area contributed by atoms with Crippen LogP contribution in [-0.4, -0.2) is 0 Å². The Balaban J connectivity index is 1.09. The van der Waals surface area contributed by atoms with E-state index in [1.807, 2.05) is 0 Å². The molecule has 3 atom stereocenters. The maximum absolute atomic E-state index is 2.52. The molecule has 51 heavy (non-hydrogen) atoms. The van der Waals surface area contributed by atoms with Crippen molar-refractivity contribution in [1.29, 1.82) is 0 Å². The van der Waals surface area contributed by atoms with Crippen molar-refractivity contribution in [1.82, 2.24) is 0 Å². The van der Waals surface area contributed by atoms with Crippen molar-refractivity contribution < 1.29 is 0 Å². The quantitative estimate of drug-likeness (QED) is 0.171. The molecule has 0 N–H and O–H groups in total. The summed E-state index contributed by atoms with van der Waals surface area (Å²) in [6, 6.07) is 49.2. The Morgan fingerprint density at radius 3 is 2.04 bits per heavy atom. The Morgan fingerprint density at radius 1 is 0.529 bits per heavy atom. The first-order valence-corrected chi connectivity index (χ1v) is 19.8. The van der Waals surface area contributed by atoms with Crippen LogP contribution in [0.3, 0.4) is 0 Å². The Morgan fingerprint density at radius 2 is 1.25 bits per heavy atom. The predicted molar refractivity (Wildman–Crippen MR) is 216 cm³/mol. The Hall–Kier alpha value is -4.62. The highest BCUT2D eigenvalue weighted by Gasteiger charge is 2.40. The lowest BCUT2D eigenvalue weighted by molar-refractivity contribution is 0.420. The van der Waals surface area contributed by atoms with Crippen molar-refractivity contribution in [3.8, 4) is 22.3 Å². The van der Waals surface area contributed by atoms with Crippen LogP contribution in [0.2, 0.25) is 0 Å². The number of fused-ring (bicyclic) bond motifs is 6. The van der Waals surface area contributed by atoms with Crippen molar-refractivity contribution in [2.24, 2.45) is 11.8 Å². The molecule has 0 aliphatic heterocycles. The third-order valence-electron chi connectivity index (χ3n) is 13.5. The Bertz CT molecular complexity index is 2240. The lowest BCUT2D eigenvalue weighted by Crippen LogP contribution is -2.17. The van der Waals surface area contributed by atoms with Crippen molar-refractivity contribution in [2.45, 2.75) is 88.9 Å². The molecule has 0 heterocycles. The summed E-state index contributed by atoms with van der Waals surface area (Å²) in [5, 5.41) is 2.67. The Kier molecular flexibility index (Phi) is 7.49. The largest absolute Gasteiger partial charge is 0.310 e. The molecule has 3 unspecified atom stereocenters. The summed E-state index contributed by atoms with van der Waals surface area (Å²) in [5.74, 6) is 3.27. The summed E-state index contributed by atoms with van der Waals surface area (Å²) < 4.78 is 0. The molecule has 3 fully saturated rings. The van der Waals surface area contributed by atoms with Crippen LogP contribution in [0.4, 0.5) is 17.1 Å².